The van der Waals surface area contributed by atoms with Crippen LogP contribution in [0, 0.1) is 5.82 Å². The summed E-state index contributed by atoms with van der Waals surface area (Å²) in [5.74, 6) is 0.0543. The zero-order chi connectivity index (χ0) is 17.7. The van der Waals surface area contributed by atoms with Crippen molar-refractivity contribution >= 4 is 0 Å². The van der Waals surface area contributed by atoms with Gasteiger partial charge in [0.1, 0.15) is 17.3 Å². The molecule has 2 aromatic carbocycles. The second-order valence-electron chi connectivity index (χ2n) is 7.06. The number of aromatic hydroxyl groups is 2. The molecule has 0 radical (unpaired) electrons. The van der Waals surface area contributed by atoms with Crippen molar-refractivity contribution in [3.63, 3.8) is 0 Å². The van der Waals surface area contributed by atoms with Gasteiger partial charge in [-0.3, -0.25) is 0 Å². The summed E-state index contributed by atoms with van der Waals surface area (Å²) in [5, 5.41) is 19.7. The van der Waals surface area contributed by atoms with Gasteiger partial charge in [-0.15, -0.1) is 0 Å². The third kappa shape index (κ3) is 4.28. The van der Waals surface area contributed by atoms with Crippen LogP contribution in [-0.2, 0) is 5.41 Å². The molecule has 0 saturated heterocycles. The molecular formula is C21H27FO2. The van der Waals surface area contributed by atoms with E-state index < -0.39 is 0 Å². The average Bonchev–Trinajstić information content (AvgIpc) is 2.52. The van der Waals surface area contributed by atoms with Gasteiger partial charge in [-0.25, -0.2) is 4.39 Å². The van der Waals surface area contributed by atoms with Crippen LogP contribution in [0.1, 0.15) is 63.5 Å². The molecule has 0 aliphatic rings. The van der Waals surface area contributed by atoms with Crippen LogP contribution >= 0.6 is 0 Å². The van der Waals surface area contributed by atoms with E-state index in [1.54, 1.807) is 12.1 Å². The first-order chi connectivity index (χ1) is 11.3. The molecule has 0 fully saturated rings. The monoisotopic (exact) mass is 330 g/mol. The lowest BCUT2D eigenvalue weighted by Gasteiger charge is -2.36. The predicted octanol–water partition coefficient (Wildman–Crippen LogP) is 5.88. The lowest BCUT2D eigenvalue weighted by molar-refractivity contribution is 0.371. The first-order valence-electron chi connectivity index (χ1n) is 8.63. The molecule has 0 amide bonds. The summed E-state index contributed by atoms with van der Waals surface area (Å²) < 4.78 is 13.3. The second kappa shape index (κ2) is 7.69. The van der Waals surface area contributed by atoms with Crippen LogP contribution in [0.15, 0.2) is 42.5 Å². The molecule has 0 aliphatic heterocycles. The average molecular weight is 330 g/mol. The molecule has 0 unspecified atom stereocenters. The quantitative estimate of drug-likeness (QED) is 0.622. The van der Waals surface area contributed by atoms with Crippen molar-refractivity contribution in [1.29, 1.82) is 0 Å². The Morgan fingerprint density at radius 2 is 1.54 bits per heavy atom. The maximum atomic E-state index is 13.3. The Morgan fingerprint density at radius 3 is 2.08 bits per heavy atom. The molecule has 3 heteroatoms. The van der Waals surface area contributed by atoms with Gasteiger partial charge in [0.25, 0.3) is 0 Å². The highest BCUT2D eigenvalue weighted by molar-refractivity contribution is 5.42. The SMILES string of the molecule is CCCCC[C@H](c1ccc(F)cc1)C(C)(C)c1cc(O)cc(O)c1. The normalized spacial score (nSPS) is 13.0. The zero-order valence-electron chi connectivity index (χ0n) is 14.7. The van der Waals surface area contributed by atoms with E-state index >= 15 is 0 Å². The first kappa shape index (κ1) is 18.3. The van der Waals surface area contributed by atoms with Gasteiger partial charge >= 0.3 is 0 Å². The second-order valence-corrected chi connectivity index (χ2v) is 7.06. The highest BCUT2D eigenvalue weighted by atomic mass is 19.1. The summed E-state index contributed by atoms with van der Waals surface area (Å²) in [6.45, 7) is 6.40. The predicted molar refractivity (Wildman–Crippen MR) is 96.1 cm³/mol. The lowest BCUT2D eigenvalue weighted by Crippen LogP contribution is -2.27. The highest BCUT2D eigenvalue weighted by Gasteiger charge is 2.32. The van der Waals surface area contributed by atoms with Gasteiger partial charge in [-0.2, -0.15) is 0 Å². The van der Waals surface area contributed by atoms with E-state index in [0.717, 1.165) is 36.8 Å². The summed E-state index contributed by atoms with van der Waals surface area (Å²) >= 11 is 0. The third-order valence-electron chi connectivity index (χ3n) is 4.89. The number of phenols is 2. The fourth-order valence-electron chi connectivity index (χ4n) is 3.41. The minimum absolute atomic E-state index is 0.0597. The molecule has 1 atom stereocenters. The molecule has 0 spiro atoms. The summed E-state index contributed by atoms with van der Waals surface area (Å²) in [5.41, 5.74) is 1.66. The number of hydrogen-bond acceptors (Lipinski definition) is 2. The lowest BCUT2D eigenvalue weighted by atomic mass is 9.68. The van der Waals surface area contributed by atoms with E-state index in [2.05, 4.69) is 20.8 Å². The van der Waals surface area contributed by atoms with Crippen LogP contribution in [-0.4, -0.2) is 10.2 Å². The number of rotatable bonds is 7. The molecule has 0 saturated carbocycles. The molecule has 0 aromatic heterocycles. The fourth-order valence-corrected chi connectivity index (χ4v) is 3.41. The molecule has 0 aliphatic carbocycles. The van der Waals surface area contributed by atoms with Gasteiger partial charge in [-0.05, 0) is 53.1 Å². The minimum Gasteiger partial charge on any atom is -0.508 e. The maximum absolute atomic E-state index is 13.3. The van der Waals surface area contributed by atoms with E-state index in [4.69, 9.17) is 0 Å². The number of benzene rings is 2. The molecule has 2 nitrogen and oxygen atoms in total. The first-order valence-corrected chi connectivity index (χ1v) is 8.63. The van der Waals surface area contributed by atoms with Gasteiger partial charge in [0.2, 0.25) is 0 Å². The van der Waals surface area contributed by atoms with Gasteiger partial charge < -0.3 is 10.2 Å². The minimum atomic E-state index is -0.304. The van der Waals surface area contributed by atoms with E-state index in [-0.39, 0.29) is 28.6 Å². The van der Waals surface area contributed by atoms with Crippen LogP contribution in [0.4, 0.5) is 4.39 Å². The van der Waals surface area contributed by atoms with E-state index in [9.17, 15) is 14.6 Å². The van der Waals surface area contributed by atoms with Crippen molar-refractivity contribution in [1.82, 2.24) is 0 Å². The number of unbranched alkanes of at least 4 members (excludes halogenated alkanes) is 2. The number of halogens is 1. The Kier molecular flexibility index (Phi) is 5.87. The molecule has 0 heterocycles. The molecular weight excluding hydrogens is 303 g/mol. The van der Waals surface area contributed by atoms with Crippen LogP contribution in [0.5, 0.6) is 11.5 Å². The summed E-state index contributed by atoms with van der Waals surface area (Å²) in [6, 6.07) is 11.4. The Hall–Kier alpha value is -2.03. The molecule has 24 heavy (non-hydrogen) atoms. The van der Waals surface area contributed by atoms with Gasteiger partial charge in [0.15, 0.2) is 0 Å². The van der Waals surface area contributed by atoms with Crippen molar-refractivity contribution in [2.45, 2.75) is 57.8 Å². The van der Waals surface area contributed by atoms with Crippen molar-refractivity contribution in [3.05, 3.63) is 59.4 Å². The van der Waals surface area contributed by atoms with Crippen LogP contribution in [0.2, 0.25) is 0 Å². The van der Waals surface area contributed by atoms with Crippen LogP contribution in [0.3, 0.4) is 0 Å². The van der Waals surface area contributed by atoms with E-state index in [1.807, 2.05) is 12.1 Å². The largest absolute Gasteiger partial charge is 0.508 e. The molecule has 130 valence electrons. The standard InChI is InChI=1S/C21H27FO2/c1-4-5-6-7-20(15-8-10-17(22)11-9-15)21(2,3)16-12-18(23)14-19(24)13-16/h8-14,20,23-24H,4-7H2,1-3H3/t20-/m1/s1. The van der Waals surface area contributed by atoms with E-state index in [1.165, 1.54) is 18.2 Å². The molecule has 2 rings (SSSR count). The zero-order valence-corrected chi connectivity index (χ0v) is 14.7. The van der Waals surface area contributed by atoms with Crippen molar-refractivity contribution in [2.75, 3.05) is 0 Å². The Bertz CT molecular complexity index is 642. The van der Waals surface area contributed by atoms with Crippen LogP contribution in [0.25, 0.3) is 0 Å². The summed E-state index contributed by atoms with van der Waals surface area (Å²) in [7, 11) is 0. The Labute approximate surface area is 144 Å². The summed E-state index contributed by atoms with van der Waals surface area (Å²) in [4.78, 5) is 0. The highest BCUT2D eigenvalue weighted by Crippen LogP contribution is 2.43. The number of phenolic OH excluding ortho intramolecular Hbond substituents is 2. The van der Waals surface area contributed by atoms with E-state index in [0.29, 0.717) is 0 Å². The Balaban J connectivity index is 2.41. The van der Waals surface area contributed by atoms with Crippen molar-refractivity contribution < 1.29 is 14.6 Å². The molecule has 2 aromatic rings. The van der Waals surface area contributed by atoms with Crippen molar-refractivity contribution in [3.8, 4) is 11.5 Å². The smallest absolute Gasteiger partial charge is 0.123 e. The summed E-state index contributed by atoms with van der Waals surface area (Å²) in [6.07, 6.45) is 4.36. The van der Waals surface area contributed by atoms with Gasteiger partial charge in [0, 0.05) is 6.07 Å². The van der Waals surface area contributed by atoms with Gasteiger partial charge in [-0.1, -0.05) is 52.2 Å². The fraction of sp³-hybridized carbons (Fsp3) is 0.429. The third-order valence-corrected chi connectivity index (χ3v) is 4.89. The topological polar surface area (TPSA) is 40.5 Å². The van der Waals surface area contributed by atoms with Gasteiger partial charge in [0.05, 0.1) is 0 Å². The Morgan fingerprint density at radius 1 is 0.958 bits per heavy atom. The number of hydrogen-bond donors (Lipinski definition) is 2. The van der Waals surface area contributed by atoms with Crippen molar-refractivity contribution in [2.24, 2.45) is 0 Å². The molecule has 2 N–H and O–H groups in total. The molecule has 0 bridgehead atoms. The maximum Gasteiger partial charge on any atom is 0.123 e. The van der Waals surface area contributed by atoms with Crippen LogP contribution < -0.4 is 0 Å².